The van der Waals surface area contributed by atoms with Crippen LogP contribution >= 0.6 is 0 Å². The van der Waals surface area contributed by atoms with Gasteiger partial charge in [0.25, 0.3) is 0 Å². The van der Waals surface area contributed by atoms with Gasteiger partial charge in [0, 0.05) is 17.2 Å². The molecule has 1 saturated carbocycles. The summed E-state index contributed by atoms with van der Waals surface area (Å²) in [5, 5.41) is 4.84. The van der Waals surface area contributed by atoms with Gasteiger partial charge < -0.3 is 9.47 Å². The molecule has 0 aromatic heterocycles. The Morgan fingerprint density at radius 1 is 0.647 bits per heavy atom. The highest BCUT2D eigenvalue weighted by molar-refractivity contribution is 6.09. The van der Waals surface area contributed by atoms with Crippen LogP contribution in [0.25, 0.3) is 32.7 Å². The second-order valence-corrected chi connectivity index (χ2v) is 9.77. The van der Waals surface area contributed by atoms with E-state index in [1.165, 1.54) is 66.7 Å². The van der Waals surface area contributed by atoms with Crippen molar-refractivity contribution in [3.05, 3.63) is 72.8 Å². The van der Waals surface area contributed by atoms with Crippen molar-refractivity contribution in [3.8, 4) is 22.6 Å². The van der Waals surface area contributed by atoms with E-state index in [0.717, 1.165) is 29.0 Å². The van der Waals surface area contributed by atoms with Gasteiger partial charge in [-0.1, -0.05) is 67.1 Å². The van der Waals surface area contributed by atoms with E-state index in [1.54, 1.807) is 7.11 Å². The SMILES string of the molecule is COc1ccc2ccccc2c1-c1c(O[C@@H]2CCCC[C@H]2N2CCCC2)ccc2ccccc12. The predicted octanol–water partition coefficient (Wildman–Crippen LogP) is 7.45. The molecule has 4 aromatic carbocycles. The molecule has 0 unspecified atom stereocenters. The molecule has 34 heavy (non-hydrogen) atoms. The van der Waals surface area contributed by atoms with Crippen molar-refractivity contribution in [2.24, 2.45) is 0 Å². The first-order valence-electron chi connectivity index (χ1n) is 12.8. The zero-order chi connectivity index (χ0) is 22.9. The Labute approximate surface area is 202 Å². The summed E-state index contributed by atoms with van der Waals surface area (Å²) in [6, 6.07) is 26.4. The van der Waals surface area contributed by atoms with E-state index in [0.29, 0.717) is 6.04 Å². The molecule has 1 saturated heterocycles. The van der Waals surface area contributed by atoms with Crippen LogP contribution in [0.15, 0.2) is 72.8 Å². The maximum absolute atomic E-state index is 7.03. The van der Waals surface area contributed by atoms with Crippen molar-refractivity contribution >= 4 is 21.5 Å². The molecule has 2 fully saturated rings. The minimum Gasteiger partial charge on any atom is -0.496 e. The van der Waals surface area contributed by atoms with Crippen molar-refractivity contribution in [1.29, 1.82) is 0 Å². The average molecular weight is 452 g/mol. The molecule has 1 aliphatic heterocycles. The highest BCUT2D eigenvalue weighted by Crippen LogP contribution is 2.46. The number of benzene rings is 4. The lowest BCUT2D eigenvalue weighted by molar-refractivity contribution is 0.0490. The maximum atomic E-state index is 7.03. The van der Waals surface area contributed by atoms with Crippen LogP contribution in [-0.2, 0) is 0 Å². The first-order chi connectivity index (χ1) is 16.8. The van der Waals surface area contributed by atoms with E-state index in [9.17, 15) is 0 Å². The summed E-state index contributed by atoms with van der Waals surface area (Å²) in [7, 11) is 1.77. The van der Waals surface area contributed by atoms with Crippen LogP contribution in [-0.4, -0.2) is 37.2 Å². The number of hydrogen-bond acceptors (Lipinski definition) is 3. The van der Waals surface area contributed by atoms with Crippen LogP contribution < -0.4 is 9.47 Å². The molecule has 174 valence electrons. The first-order valence-corrected chi connectivity index (χ1v) is 12.8. The Kier molecular flexibility index (Phi) is 5.88. The quantitative estimate of drug-likeness (QED) is 0.314. The number of hydrogen-bond donors (Lipinski definition) is 0. The van der Waals surface area contributed by atoms with Gasteiger partial charge in [-0.25, -0.2) is 0 Å². The van der Waals surface area contributed by atoms with Gasteiger partial charge >= 0.3 is 0 Å². The molecule has 0 radical (unpaired) electrons. The van der Waals surface area contributed by atoms with Gasteiger partial charge in [-0.05, 0) is 78.9 Å². The van der Waals surface area contributed by atoms with Crippen LogP contribution in [0.2, 0.25) is 0 Å². The summed E-state index contributed by atoms with van der Waals surface area (Å²) < 4.78 is 13.0. The third kappa shape index (κ3) is 3.82. The number of likely N-dealkylation sites (tertiary alicyclic amines) is 1. The van der Waals surface area contributed by atoms with Crippen molar-refractivity contribution < 1.29 is 9.47 Å². The Balaban J connectivity index is 1.53. The fourth-order valence-corrected chi connectivity index (χ4v) is 6.16. The number of rotatable bonds is 5. The standard InChI is InChI=1S/C31H33NO2/c1-33-28-18-16-22-10-2-4-12-24(22)30(28)31-25-13-5-3-11-23(25)17-19-29(31)34-27-15-7-6-14-26(27)32-20-8-9-21-32/h2-5,10-13,16-19,26-27H,6-9,14-15,20-21H2,1H3/t26-,27-/m1/s1. The lowest BCUT2D eigenvalue weighted by atomic mass is 9.90. The minimum atomic E-state index is 0.229. The summed E-state index contributed by atoms with van der Waals surface area (Å²) in [5.74, 6) is 1.86. The predicted molar refractivity (Wildman–Crippen MR) is 141 cm³/mol. The fourth-order valence-electron chi connectivity index (χ4n) is 6.16. The monoisotopic (exact) mass is 451 g/mol. The van der Waals surface area contributed by atoms with E-state index < -0.39 is 0 Å². The number of methoxy groups -OCH3 is 1. The van der Waals surface area contributed by atoms with E-state index in [2.05, 4.69) is 77.7 Å². The minimum absolute atomic E-state index is 0.229. The first kappa shape index (κ1) is 21.5. The third-order valence-corrected chi connectivity index (χ3v) is 7.81. The molecule has 3 nitrogen and oxygen atoms in total. The maximum Gasteiger partial charge on any atom is 0.128 e. The van der Waals surface area contributed by atoms with E-state index >= 15 is 0 Å². The summed E-state index contributed by atoms with van der Waals surface area (Å²) in [4.78, 5) is 2.68. The molecular formula is C31H33NO2. The van der Waals surface area contributed by atoms with Crippen molar-refractivity contribution in [3.63, 3.8) is 0 Å². The molecule has 0 N–H and O–H groups in total. The number of nitrogens with zero attached hydrogens (tertiary/aromatic N) is 1. The zero-order valence-electron chi connectivity index (χ0n) is 20.0. The normalized spacial score (nSPS) is 21.2. The third-order valence-electron chi connectivity index (χ3n) is 7.81. The number of ether oxygens (including phenoxy) is 2. The van der Waals surface area contributed by atoms with E-state index in [-0.39, 0.29) is 6.10 Å². The summed E-state index contributed by atoms with van der Waals surface area (Å²) >= 11 is 0. The second-order valence-electron chi connectivity index (χ2n) is 9.77. The number of fused-ring (bicyclic) bond motifs is 2. The highest BCUT2D eigenvalue weighted by Gasteiger charge is 2.34. The average Bonchev–Trinajstić information content (AvgIpc) is 3.43. The topological polar surface area (TPSA) is 21.7 Å². The van der Waals surface area contributed by atoms with Gasteiger partial charge in [0.15, 0.2) is 0 Å². The second kappa shape index (κ2) is 9.31. The molecule has 4 aromatic rings. The summed E-state index contributed by atoms with van der Waals surface area (Å²) in [5.41, 5.74) is 2.28. The van der Waals surface area contributed by atoms with Crippen LogP contribution in [0, 0.1) is 0 Å². The lowest BCUT2D eigenvalue weighted by Crippen LogP contribution is -2.46. The smallest absolute Gasteiger partial charge is 0.128 e. The Morgan fingerprint density at radius 3 is 1.91 bits per heavy atom. The molecule has 0 amide bonds. The van der Waals surface area contributed by atoms with Crippen molar-refractivity contribution in [2.75, 3.05) is 20.2 Å². The molecule has 2 atom stereocenters. The molecule has 0 spiro atoms. The van der Waals surface area contributed by atoms with Gasteiger partial charge in [0.1, 0.15) is 17.6 Å². The van der Waals surface area contributed by atoms with Gasteiger partial charge in [0.05, 0.1) is 7.11 Å². The summed E-state index contributed by atoms with van der Waals surface area (Å²) in [6.45, 7) is 2.43. The Bertz CT molecular complexity index is 1310. The molecule has 0 bridgehead atoms. The zero-order valence-corrected chi connectivity index (χ0v) is 20.0. The molecule has 1 heterocycles. The van der Waals surface area contributed by atoms with E-state index in [4.69, 9.17) is 9.47 Å². The highest BCUT2D eigenvalue weighted by atomic mass is 16.5. The Morgan fingerprint density at radius 2 is 1.24 bits per heavy atom. The van der Waals surface area contributed by atoms with Gasteiger partial charge in [-0.15, -0.1) is 0 Å². The lowest BCUT2D eigenvalue weighted by Gasteiger charge is -2.38. The van der Waals surface area contributed by atoms with Gasteiger partial charge in [0.2, 0.25) is 0 Å². The fraction of sp³-hybridized carbons (Fsp3) is 0.355. The van der Waals surface area contributed by atoms with Crippen LogP contribution in [0.3, 0.4) is 0 Å². The Hall–Kier alpha value is -3.04. The molecule has 3 heteroatoms. The molecular weight excluding hydrogens is 418 g/mol. The van der Waals surface area contributed by atoms with Crippen molar-refractivity contribution in [1.82, 2.24) is 4.90 Å². The molecule has 1 aliphatic carbocycles. The van der Waals surface area contributed by atoms with Gasteiger partial charge in [-0.3, -0.25) is 4.90 Å². The summed E-state index contributed by atoms with van der Waals surface area (Å²) in [6.07, 6.45) is 7.78. The van der Waals surface area contributed by atoms with E-state index in [1.807, 2.05) is 0 Å². The van der Waals surface area contributed by atoms with Gasteiger partial charge in [-0.2, -0.15) is 0 Å². The van der Waals surface area contributed by atoms with Crippen LogP contribution in [0.5, 0.6) is 11.5 Å². The largest absolute Gasteiger partial charge is 0.496 e. The van der Waals surface area contributed by atoms with Crippen molar-refractivity contribution in [2.45, 2.75) is 50.7 Å². The molecule has 2 aliphatic rings. The molecule has 6 rings (SSSR count). The van der Waals surface area contributed by atoms with Crippen LogP contribution in [0.4, 0.5) is 0 Å². The van der Waals surface area contributed by atoms with Crippen LogP contribution in [0.1, 0.15) is 38.5 Å².